The minimum Gasteiger partial charge on any atom is -0.457 e. The average Bonchev–Trinajstić information content (AvgIpc) is 3.51. The number of carbonyl (C=O) groups excluding carboxylic acids is 2. The van der Waals surface area contributed by atoms with E-state index < -0.39 is 0 Å². The quantitative estimate of drug-likeness (QED) is 0.422. The summed E-state index contributed by atoms with van der Waals surface area (Å²) in [5.41, 5.74) is 5.19. The van der Waals surface area contributed by atoms with Crippen molar-refractivity contribution >= 4 is 22.7 Å². The number of aromatic amines is 1. The van der Waals surface area contributed by atoms with E-state index in [1.807, 2.05) is 47.4 Å². The molecule has 1 atom stereocenters. The molecule has 4 aromatic rings. The van der Waals surface area contributed by atoms with Gasteiger partial charge in [-0.25, -0.2) is 4.98 Å². The Labute approximate surface area is 203 Å². The summed E-state index contributed by atoms with van der Waals surface area (Å²) in [6, 6.07) is 15.4. The topological polar surface area (TPSA) is 88.2 Å². The molecule has 176 valence electrons. The highest BCUT2D eigenvalue weighted by atomic mass is 16.5. The van der Waals surface area contributed by atoms with Crippen LogP contribution in [-0.4, -0.2) is 38.1 Å². The van der Waals surface area contributed by atoms with Crippen LogP contribution in [0.1, 0.15) is 60.1 Å². The van der Waals surface area contributed by atoms with Crippen LogP contribution < -0.4 is 4.74 Å². The summed E-state index contributed by atoms with van der Waals surface area (Å²) in [6.07, 6.45) is 5.91. The number of Topliss-reactive ketones (excluding diaryl/α,β-unsaturated/α-hetero) is 1. The van der Waals surface area contributed by atoms with E-state index in [0.29, 0.717) is 23.7 Å². The molecule has 2 aromatic carbocycles. The number of likely N-dealkylation sites (tertiary alicyclic amines) is 1. The molecule has 3 heterocycles. The minimum absolute atomic E-state index is 0.0598. The van der Waals surface area contributed by atoms with E-state index in [4.69, 9.17) is 9.72 Å². The van der Waals surface area contributed by atoms with Gasteiger partial charge >= 0.3 is 0 Å². The van der Waals surface area contributed by atoms with Crippen molar-refractivity contribution in [2.45, 2.75) is 45.1 Å². The van der Waals surface area contributed by atoms with E-state index in [9.17, 15) is 9.59 Å². The molecule has 35 heavy (non-hydrogen) atoms. The van der Waals surface area contributed by atoms with Crippen LogP contribution in [0, 0.1) is 0 Å². The fourth-order valence-corrected chi connectivity index (χ4v) is 5.31. The Morgan fingerprint density at radius 2 is 2.03 bits per heavy atom. The number of aromatic nitrogens is 3. The molecule has 0 radical (unpaired) electrons. The molecule has 7 nitrogen and oxygen atoms in total. The van der Waals surface area contributed by atoms with Crippen LogP contribution >= 0.6 is 0 Å². The summed E-state index contributed by atoms with van der Waals surface area (Å²) in [7, 11) is 0. The molecule has 1 saturated heterocycles. The highest BCUT2D eigenvalue weighted by Gasteiger charge is 2.31. The number of fused-ring (bicyclic) bond motifs is 2. The number of H-pyrrole nitrogens is 1. The molecule has 1 aliphatic heterocycles. The number of imidazole rings is 1. The van der Waals surface area contributed by atoms with E-state index >= 15 is 0 Å². The lowest BCUT2D eigenvalue weighted by molar-refractivity contribution is -0.129. The number of hydrogen-bond acceptors (Lipinski definition) is 5. The van der Waals surface area contributed by atoms with Gasteiger partial charge in [0.2, 0.25) is 5.91 Å². The summed E-state index contributed by atoms with van der Waals surface area (Å²) in [6.45, 7) is 2.36. The number of rotatable bonds is 4. The van der Waals surface area contributed by atoms with Crippen LogP contribution in [0.5, 0.6) is 11.5 Å². The van der Waals surface area contributed by atoms with E-state index in [1.54, 1.807) is 13.1 Å². The third-order valence-corrected chi connectivity index (χ3v) is 6.99. The Morgan fingerprint density at radius 1 is 1.11 bits per heavy atom. The van der Waals surface area contributed by atoms with E-state index in [-0.39, 0.29) is 17.7 Å². The van der Waals surface area contributed by atoms with Crippen molar-refractivity contribution in [2.24, 2.45) is 0 Å². The lowest BCUT2D eigenvalue weighted by atomic mass is 9.90. The van der Waals surface area contributed by atoms with Gasteiger partial charge in [-0.1, -0.05) is 6.07 Å². The zero-order chi connectivity index (χ0) is 23.9. The number of carbonyl (C=O) groups is 2. The first kappa shape index (κ1) is 21.5. The van der Waals surface area contributed by atoms with Crippen molar-refractivity contribution in [3.8, 4) is 23.0 Å². The molecule has 2 aromatic heterocycles. The Bertz CT molecular complexity index is 1440. The number of ether oxygens (including phenoxy) is 1. The minimum atomic E-state index is -0.0623. The predicted octanol–water partition coefficient (Wildman–Crippen LogP) is 5.62. The molecule has 1 aliphatic carbocycles. The van der Waals surface area contributed by atoms with Gasteiger partial charge in [0.1, 0.15) is 17.2 Å². The maximum absolute atomic E-state index is 12.4. The van der Waals surface area contributed by atoms with Crippen LogP contribution in [0.4, 0.5) is 0 Å². The van der Waals surface area contributed by atoms with Gasteiger partial charge in [-0.2, -0.15) is 0 Å². The normalized spacial score (nSPS) is 17.6. The number of amides is 1. The summed E-state index contributed by atoms with van der Waals surface area (Å²) < 4.78 is 6.46. The van der Waals surface area contributed by atoms with Crippen LogP contribution in [0.3, 0.4) is 0 Å². The first-order valence-electron chi connectivity index (χ1n) is 12.1. The SMILES string of the molecule is CC(=O)N1CCCC1c1cc2[nH]c(-c3ccccn3)nc2cc1Oc1ccc2c(c1)CCCC2=O. The second-order valence-electron chi connectivity index (χ2n) is 9.28. The zero-order valence-corrected chi connectivity index (χ0v) is 19.6. The smallest absolute Gasteiger partial charge is 0.219 e. The molecule has 7 heteroatoms. The van der Waals surface area contributed by atoms with Gasteiger partial charge < -0.3 is 14.6 Å². The summed E-state index contributed by atoms with van der Waals surface area (Å²) >= 11 is 0. The molecule has 2 aliphatic rings. The monoisotopic (exact) mass is 466 g/mol. The number of aryl methyl sites for hydroxylation is 1. The number of pyridine rings is 1. The molecular weight excluding hydrogens is 440 g/mol. The standard InChI is InChI=1S/C28H26N4O3/c1-17(33)32-13-5-8-25(32)21-15-23-24(31-28(30-23)22-7-2-3-12-29-22)16-27(21)35-19-10-11-20-18(14-19)6-4-9-26(20)34/h2-3,7,10-12,14-16,25H,4-6,8-9,13H2,1H3,(H,30,31). The lowest BCUT2D eigenvalue weighted by Gasteiger charge is -2.25. The van der Waals surface area contributed by atoms with Crippen LogP contribution in [0.25, 0.3) is 22.6 Å². The zero-order valence-electron chi connectivity index (χ0n) is 19.6. The molecule has 1 fully saturated rings. The second-order valence-corrected chi connectivity index (χ2v) is 9.28. The molecule has 0 bridgehead atoms. The van der Waals surface area contributed by atoms with E-state index in [2.05, 4.69) is 16.0 Å². The maximum atomic E-state index is 12.4. The molecular formula is C28H26N4O3. The maximum Gasteiger partial charge on any atom is 0.219 e. The molecule has 1 N–H and O–H groups in total. The Hall–Kier alpha value is -4.00. The second kappa shape index (κ2) is 8.65. The van der Waals surface area contributed by atoms with Crippen molar-refractivity contribution in [1.82, 2.24) is 19.9 Å². The molecule has 1 amide bonds. The first-order chi connectivity index (χ1) is 17.1. The number of nitrogens with one attached hydrogen (secondary N) is 1. The molecule has 0 saturated carbocycles. The van der Waals surface area contributed by atoms with Crippen molar-refractivity contribution in [3.05, 3.63) is 71.4 Å². The largest absolute Gasteiger partial charge is 0.457 e. The number of hydrogen-bond donors (Lipinski definition) is 1. The Kier molecular flexibility index (Phi) is 5.32. The van der Waals surface area contributed by atoms with Crippen LogP contribution in [-0.2, 0) is 11.2 Å². The average molecular weight is 467 g/mol. The number of benzene rings is 2. The fraction of sp³-hybridized carbons (Fsp3) is 0.286. The third kappa shape index (κ3) is 3.97. The Morgan fingerprint density at radius 3 is 2.86 bits per heavy atom. The summed E-state index contributed by atoms with van der Waals surface area (Å²) in [4.78, 5) is 39.1. The number of nitrogens with zero attached hydrogens (tertiary/aromatic N) is 3. The van der Waals surface area contributed by atoms with Crippen LogP contribution in [0.2, 0.25) is 0 Å². The van der Waals surface area contributed by atoms with E-state index in [1.165, 1.54) is 0 Å². The van der Waals surface area contributed by atoms with Gasteiger partial charge in [0.15, 0.2) is 11.6 Å². The van der Waals surface area contributed by atoms with Gasteiger partial charge in [0.25, 0.3) is 0 Å². The predicted molar refractivity (Wildman–Crippen MR) is 132 cm³/mol. The molecule has 0 spiro atoms. The first-order valence-corrected chi connectivity index (χ1v) is 12.1. The third-order valence-electron chi connectivity index (χ3n) is 6.99. The fourth-order valence-electron chi connectivity index (χ4n) is 5.31. The van der Waals surface area contributed by atoms with Gasteiger partial charge in [-0.15, -0.1) is 0 Å². The van der Waals surface area contributed by atoms with Crippen molar-refractivity contribution < 1.29 is 14.3 Å². The lowest BCUT2D eigenvalue weighted by Crippen LogP contribution is -2.28. The Balaban J connectivity index is 1.44. The van der Waals surface area contributed by atoms with Crippen molar-refractivity contribution in [2.75, 3.05) is 6.54 Å². The van der Waals surface area contributed by atoms with E-state index in [0.717, 1.165) is 65.6 Å². The molecule has 1 unspecified atom stereocenters. The highest BCUT2D eigenvalue weighted by molar-refractivity contribution is 5.98. The number of ketones is 1. The summed E-state index contributed by atoms with van der Waals surface area (Å²) in [5, 5.41) is 0. The highest BCUT2D eigenvalue weighted by Crippen LogP contribution is 2.41. The van der Waals surface area contributed by atoms with Gasteiger partial charge in [0.05, 0.1) is 17.1 Å². The van der Waals surface area contributed by atoms with Crippen molar-refractivity contribution in [3.63, 3.8) is 0 Å². The van der Waals surface area contributed by atoms with Gasteiger partial charge in [-0.05, 0) is 67.6 Å². The van der Waals surface area contributed by atoms with Gasteiger partial charge in [-0.3, -0.25) is 14.6 Å². The van der Waals surface area contributed by atoms with Gasteiger partial charge in [0, 0.05) is 43.3 Å². The molecule has 6 rings (SSSR count). The summed E-state index contributed by atoms with van der Waals surface area (Å²) in [5.74, 6) is 2.31. The van der Waals surface area contributed by atoms with Crippen molar-refractivity contribution in [1.29, 1.82) is 0 Å². The van der Waals surface area contributed by atoms with Crippen LogP contribution in [0.15, 0.2) is 54.7 Å².